The number of urea groups is 1. The van der Waals surface area contributed by atoms with Gasteiger partial charge in [-0.1, -0.05) is 43.6 Å². The number of nitrogens with zero attached hydrogens (tertiary/aromatic N) is 1. The van der Waals surface area contributed by atoms with Crippen molar-refractivity contribution in [3.63, 3.8) is 0 Å². The topological polar surface area (TPSA) is 69.6 Å². The molecular formula is C23H26ClFN2O3. The van der Waals surface area contributed by atoms with E-state index in [9.17, 15) is 19.1 Å². The maximum atomic E-state index is 13.8. The number of carbonyl (C=O) groups excluding carboxylic acids is 1. The smallest absolute Gasteiger partial charge is 0.326 e. The first-order valence-electron chi connectivity index (χ1n) is 10.1. The maximum absolute atomic E-state index is 13.8. The highest BCUT2D eigenvalue weighted by atomic mass is 35.5. The number of nitrogens with one attached hydrogen (secondary N) is 1. The number of amides is 2. The molecule has 0 aromatic heterocycles. The fourth-order valence-corrected chi connectivity index (χ4v) is 4.12. The van der Waals surface area contributed by atoms with Crippen molar-refractivity contribution in [2.24, 2.45) is 5.92 Å². The van der Waals surface area contributed by atoms with Crippen LogP contribution >= 0.6 is 11.6 Å². The monoisotopic (exact) mass is 432 g/mol. The summed E-state index contributed by atoms with van der Waals surface area (Å²) in [5, 5.41) is 12.1. The summed E-state index contributed by atoms with van der Waals surface area (Å²) in [5.74, 6) is -1.58. The van der Waals surface area contributed by atoms with E-state index < -0.39 is 11.8 Å². The fraction of sp³-hybridized carbons (Fsp3) is 0.391. The fourth-order valence-electron chi connectivity index (χ4n) is 4.01. The summed E-state index contributed by atoms with van der Waals surface area (Å²) in [6.45, 7) is 4.12. The Morgan fingerprint density at radius 2 is 1.80 bits per heavy atom. The minimum atomic E-state index is -0.788. The predicted molar refractivity (Wildman–Crippen MR) is 117 cm³/mol. The van der Waals surface area contributed by atoms with Crippen LogP contribution in [0.2, 0.25) is 5.02 Å². The molecule has 0 radical (unpaired) electrons. The van der Waals surface area contributed by atoms with Gasteiger partial charge in [-0.15, -0.1) is 0 Å². The molecule has 3 rings (SSSR count). The third-order valence-electron chi connectivity index (χ3n) is 5.62. The van der Waals surface area contributed by atoms with E-state index in [1.54, 1.807) is 11.0 Å². The van der Waals surface area contributed by atoms with Crippen LogP contribution < -0.4 is 10.2 Å². The number of carboxylic acids is 1. The lowest BCUT2D eigenvalue weighted by molar-refractivity contribution is -0.142. The van der Waals surface area contributed by atoms with E-state index in [-0.39, 0.29) is 28.9 Å². The standard InChI is InChI=1S/C23H26ClFN2O3/c1-14(2)18-5-3-4-6-21(18)27(17-10-7-15(8-11-17)22(28)29)23(30)26-16-9-12-19(24)20(25)13-16/h3-6,9,12-15,17H,7-8,10-11H2,1-2H3,(H,26,30)(H,28,29)/t15-,17-. The molecule has 2 N–H and O–H groups in total. The van der Waals surface area contributed by atoms with Crippen LogP contribution in [0.25, 0.3) is 0 Å². The summed E-state index contributed by atoms with van der Waals surface area (Å²) < 4.78 is 13.8. The van der Waals surface area contributed by atoms with Crippen molar-refractivity contribution in [3.05, 3.63) is 58.9 Å². The average molecular weight is 433 g/mol. The third kappa shape index (κ3) is 4.93. The van der Waals surface area contributed by atoms with Gasteiger partial charge in [0, 0.05) is 17.4 Å². The maximum Gasteiger partial charge on any atom is 0.326 e. The first kappa shape index (κ1) is 22.1. The normalized spacial score (nSPS) is 18.8. The largest absolute Gasteiger partial charge is 0.481 e. The van der Waals surface area contributed by atoms with Crippen LogP contribution in [0, 0.1) is 11.7 Å². The lowest BCUT2D eigenvalue weighted by Crippen LogP contribution is -2.46. The molecule has 1 aliphatic rings. The van der Waals surface area contributed by atoms with Crippen molar-refractivity contribution >= 4 is 35.0 Å². The molecule has 0 unspecified atom stereocenters. The third-order valence-corrected chi connectivity index (χ3v) is 5.93. The minimum Gasteiger partial charge on any atom is -0.481 e. The summed E-state index contributed by atoms with van der Waals surface area (Å²) in [6, 6.07) is 11.3. The van der Waals surface area contributed by atoms with Gasteiger partial charge in [-0.3, -0.25) is 9.69 Å². The number of hydrogen-bond donors (Lipinski definition) is 2. The van der Waals surface area contributed by atoms with Crippen molar-refractivity contribution in [2.45, 2.75) is 51.5 Å². The summed E-state index contributed by atoms with van der Waals surface area (Å²) in [7, 11) is 0. The van der Waals surface area contributed by atoms with E-state index >= 15 is 0 Å². The van der Waals surface area contributed by atoms with Gasteiger partial charge in [-0.25, -0.2) is 9.18 Å². The molecule has 7 heteroatoms. The molecule has 0 saturated heterocycles. The minimum absolute atomic E-state index is 0.0120. The Hall–Kier alpha value is -2.60. The molecule has 0 spiro atoms. The van der Waals surface area contributed by atoms with Crippen LogP contribution in [-0.4, -0.2) is 23.1 Å². The van der Waals surface area contributed by atoms with Crippen LogP contribution in [0.5, 0.6) is 0 Å². The van der Waals surface area contributed by atoms with Crippen LogP contribution in [-0.2, 0) is 4.79 Å². The van der Waals surface area contributed by atoms with Gasteiger partial charge in [0.15, 0.2) is 0 Å². The van der Waals surface area contributed by atoms with E-state index in [2.05, 4.69) is 19.2 Å². The highest BCUT2D eigenvalue weighted by molar-refractivity contribution is 6.30. The Kier molecular flexibility index (Phi) is 6.98. The Morgan fingerprint density at radius 1 is 1.13 bits per heavy atom. The highest BCUT2D eigenvalue weighted by Crippen LogP contribution is 2.35. The van der Waals surface area contributed by atoms with Gasteiger partial charge in [0.05, 0.1) is 10.9 Å². The van der Waals surface area contributed by atoms with Gasteiger partial charge in [-0.05, 0) is 61.4 Å². The molecule has 0 heterocycles. The van der Waals surface area contributed by atoms with Gasteiger partial charge >= 0.3 is 12.0 Å². The average Bonchev–Trinajstić information content (AvgIpc) is 2.71. The van der Waals surface area contributed by atoms with Gasteiger partial charge in [0.1, 0.15) is 5.82 Å². The number of benzene rings is 2. The number of para-hydroxylation sites is 1. The molecule has 2 aromatic carbocycles. The molecule has 1 saturated carbocycles. The molecular weight excluding hydrogens is 407 g/mol. The Bertz CT molecular complexity index is 926. The molecule has 1 fully saturated rings. The molecule has 2 aromatic rings. The van der Waals surface area contributed by atoms with E-state index in [4.69, 9.17) is 11.6 Å². The van der Waals surface area contributed by atoms with Crippen molar-refractivity contribution in [2.75, 3.05) is 10.2 Å². The molecule has 1 aliphatic carbocycles. The van der Waals surface area contributed by atoms with Crippen LogP contribution in [0.3, 0.4) is 0 Å². The van der Waals surface area contributed by atoms with Crippen LogP contribution in [0.4, 0.5) is 20.6 Å². The van der Waals surface area contributed by atoms with Gasteiger partial charge in [0.25, 0.3) is 0 Å². The molecule has 0 aliphatic heterocycles. The molecule has 2 amide bonds. The number of anilines is 2. The first-order chi connectivity index (χ1) is 14.3. The zero-order valence-corrected chi connectivity index (χ0v) is 17.8. The van der Waals surface area contributed by atoms with E-state index in [1.807, 2.05) is 24.3 Å². The molecule has 0 bridgehead atoms. The van der Waals surface area contributed by atoms with Gasteiger partial charge in [0.2, 0.25) is 0 Å². The Balaban J connectivity index is 1.92. The number of rotatable bonds is 5. The summed E-state index contributed by atoms with van der Waals surface area (Å²) in [6.07, 6.45) is 2.21. The second kappa shape index (κ2) is 9.47. The lowest BCUT2D eigenvalue weighted by Gasteiger charge is -2.37. The molecule has 5 nitrogen and oxygen atoms in total. The van der Waals surface area contributed by atoms with E-state index in [0.29, 0.717) is 31.4 Å². The highest BCUT2D eigenvalue weighted by Gasteiger charge is 2.33. The van der Waals surface area contributed by atoms with E-state index in [0.717, 1.165) is 11.3 Å². The van der Waals surface area contributed by atoms with Gasteiger partial charge < -0.3 is 10.4 Å². The Labute approximate surface area is 180 Å². The predicted octanol–water partition coefficient (Wildman–Crippen LogP) is 6.28. The summed E-state index contributed by atoms with van der Waals surface area (Å²) in [5.41, 5.74) is 2.13. The molecule has 0 atom stereocenters. The SMILES string of the molecule is CC(C)c1ccccc1N(C(=O)Nc1ccc(Cl)c(F)c1)[C@H]1CC[C@H](C(=O)O)CC1. The number of carbonyl (C=O) groups is 2. The molecule has 30 heavy (non-hydrogen) atoms. The summed E-state index contributed by atoms with van der Waals surface area (Å²) >= 11 is 5.75. The number of hydrogen-bond acceptors (Lipinski definition) is 2. The van der Waals surface area contributed by atoms with Crippen molar-refractivity contribution < 1.29 is 19.1 Å². The van der Waals surface area contributed by atoms with Gasteiger partial charge in [-0.2, -0.15) is 0 Å². The van der Waals surface area contributed by atoms with Crippen LogP contribution in [0.15, 0.2) is 42.5 Å². The quantitative estimate of drug-likeness (QED) is 0.583. The zero-order valence-electron chi connectivity index (χ0n) is 17.1. The second-order valence-corrected chi connectivity index (χ2v) is 8.39. The lowest BCUT2D eigenvalue weighted by atomic mass is 9.85. The second-order valence-electron chi connectivity index (χ2n) is 7.99. The van der Waals surface area contributed by atoms with Crippen LogP contribution in [0.1, 0.15) is 51.0 Å². The zero-order chi connectivity index (χ0) is 21.8. The van der Waals surface area contributed by atoms with Crippen molar-refractivity contribution in [1.82, 2.24) is 0 Å². The van der Waals surface area contributed by atoms with E-state index in [1.165, 1.54) is 12.1 Å². The summed E-state index contributed by atoms with van der Waals surface area (Å²) in [4.78, 5) is 26.4. The van der Waals surface area contributed by atoms with Crippen molar-refractivity contribution in [1.29, 1.82) is 0 Å². The Morgan fingerprint density at radius 3 is 2.40 bits per heavy atom. The molecule has 160 valence electrons. The number of carboxylic acid groups (broad SMARTS) is 1. The van der Waals surface area contributed by atoms with Crippen molar-refractivity contribution in [3.8, 4) is 0 Å². The number of aliphatic carboxylic acids is 1. The first-order valence-corrected chi connectivity index (χ1v) is 10.5. The number of halogens is 2.